The molecule has 0 aliphatic heterocycles. The van der Waals surface area contributed by atoms with Gasteiger partial charge in [-0.05, 0) is 0 Å². The minimum Gasteiger partial charge on any atom is -0.481 e. The van der Waals surface area contributed by atoms with Crippen LogP contribution in [0.2, 0.25) is 0 Å². The summed E-state index contributed by atoms with van der Waals surface area (Å²) in [6.45, 7) is 0. The maximum atomic E-state index is 11.9. The van der Waals surface area contributed by atoms with E-state index in [-0.39, 0.29) is 18.7 Å². The van der Waals surface area contributed by atoms with Crippen molar-refractivity contribution in [1.82, 2.24) is 10.1 Å². The number of carboxylic acids is 1. The number of halogens is 3. The monoisotopic (exact) mass is 210 g/mol. The molecule has 0 aromatic carbocycles. The van der Waals surface area contributed by atoms with Crippen LogP contribution in [0.4, 0.5) is 13.2 Å². The van der Waals surface area contributed by atoms with Crippen LogP contribution in [0, 0.1) is 0 Å². The minimum atomic E-state index is -4.69. The molecule has 0 saturated heterocycles. The van der Waals surface area contributed by atoms with Gasteiger partial charge in [0.25, 0.3) is 0 Å². The van der Waals surface area contributed by atoms with E-state index in [1.165, 1.54) is 0 Å². The zero-order chi connectivity index (χ0) is 10.8. The van der Waals surface area contributed by atoms with Gasteiger partial charge in [0.15, 0.2) is 5.82 Å². The van der Waals surface area contributed by atoms with Gasteiger partial charge in [-0.2, -0.15) is 18.2 Å². The molecule has 1 N–H and O–H groups in total. The van der Waals surface area contributed by atoms with Gasteiger partial charge < -0.3 is 9.63 Å². The first kappa shape index (κ1) is 10.5. The highest BCUT2D eigenvalue weighted by atomic mass is 19.4. The van der Waals surface area contributed by atoms with E-state index >= 15 is 0 Å². The highest BCUT2D eigenvalue weighted by Crippen LogP contribution is 2.27. The third-order valence-electron chi connectivity index (χ3n) is 1.27. The van der Waals surface area contributed by atoms with Crippen LogP contribution in [0.25, 0.3) is 0 Å². The lowest BCUT2D eigenvalue weighted by Gasteiger charge is -1.95. The highest BCUT2D eigenvalue weighted by molar-refractivity contribution is 5.66. The molecule has 14 heavy (non-hydrogen) atoms. The van der Waals surface area contributed by atoms with Crippen LogP contribution in [-0.2, 0) is 17.4 Å². The summed E-state index contributed by atoms with van der Waals surface area (Å²) in [6, 6.07) is 0. The van der Waals surface area contributed by atoms with Gasteiger partial charge in [-0.3, -0.25) is 4.79 Å². The van der Waals surface area contributed by atoms with Gasteiger partial charge in [0.05, 0.1) is 6.42 Å². The van der Waals surface area contributed by atoms with Gasteiger partial charge in [0.1, 0.15) is 0 Å². The van der Waals surface area contributed by atoms with Crippen molar-refractivity contribution in [2.45, 2.75) is 19.0 Å². The molecule has 78 valence electrons. The number of carboxylic acid groups (broad SMARTS) is 1. The summed E-state index contributed by atoms with van der Waals surface area (Å²) in [6.07, 6.45) is -5.21. The second-order valence-electron chi connectivity index (χ2n) is 2.41. The summed E-state index contributed by atoms with van der Waals surface area (Å²) < 4.78 is 39.5. The minimum absolute atomic E-state index is 0.186. The summed E-state index contributed by atoms with van der Waals surface area (Å²) in [5.41, 5.74) is 0. The molecule has 0 bridgehead atoms. The Morgan fingerprint density at radius 2 is 2.14 bits per heavy atom. The van der Waals surface area contributed by atoms with Crippen LogP contribution in [0.1, 0.15) is 18.1 Å². The lowest BCUT2D eigenvalue weighted by atomic mass is 10.3. The lowest BCUT2D eigenvalue weighted by Crippen LogP contribution is -2.05. The van der Waals surface area contributed by atoms with Crippen LogP contribution in [-0.4, -0.2) is 21.2 Å². The van der Waals surface area contributed by atoms with Gasteiger partial charge in [-0.1, -0.05) is 5.16 Å². The lowest BCUT2D eigenvalue weighted by molar-refractivity contribution is -0.159. The molecule has 0 unspecified atom stereocenters. The smallest absolute Gasteiger partial charge is 0.471 e. The number of rotatable bonds is 3. The van der Waals surface area contributed by atoms with Crippen molar-refractivity contribution in [1.29, 1.82) is 0 Å². The van der Waals surface area contributed by atoms with E-state index in [1.54, 1.807) is 0 Å². The number of aliphatic carboxylic acids is 1. The normalized spacial score (nSPS) is 11.6. The average molecular weight is 210 g/mol. The second kappa shape index (κ2) is 3.64. The maximum absolute atomic E-state index is 11.9. The fourth-order valence-corrected chi connectivity index (χ4v) is 0.689. The first-order valence-corrected chi connectivity index (χ1v) is 3.51. The van der Waals surface area contributed by atoms with Gasteiger partial charge >= 0.3 is 18.0 Å². The first-order valence-electron chi connectivity index (χ1n) is 3.51. The summed E-state index contributed by atoms with van der Waals surface area (Å²) in [4.78, 5) is 13.1. The second-order valence-corrected chi connectivity index (χ2v) is 2.41. The van der Waals surface area contributed by atoms with E-state index < -0.39 is 18.0 Å². The van der Waals surface area contributed by atoms with E-state index in [1.807, 2.05) is 0 Å². The number of hydrogen-bond acceptors (Lipinski definition) is 4. The molecule has 1 aromatic rings. The predicted octanol–water partition coefficient (Wildman–Crippen LogP) is 1.11. The predicted molar refractivity (Wildman–Crippen MR) is 35.3 cm³/mol. The maximum Gasteiger partial charge on any atom is 0.471 e. The molecule has 0 fully saturated rings. The van der Waals surface area contributed by atoms with Crippen LogP contribution < -0.4 is 0 Å². The summed E-state index contributed by atoms with van der Waals surface area (Å²) >= 11 is 0. The number of aryl methyl sites for hydroxylation is 1. The summed E-state index contributed by atoms with van der Waals surface area (Å²) in [5, 5.41) is 11.2. The highest BCUT2D eigenvalue weighted by Gasteiger charge is 2.38. The fraction of sp³-hybridized carbons (Fsp3) is 0.500. The Kier molecular flexibility index (Phi) is 2.73. The van der Waals surface area contributed by atoms with Crippen molar-refractivity contribution in [2.75, 3.05) is 0 Å². The Balaban J connectivity index is 2.64. The molecule has 5 nitrogen and oxygen atoms in total. The number of hydrogen-bond donors (Lipinski definition) is 1. The van der Waals surface area contributed by atoms with Crippen molar-refractivity contribution in [3.8, 4) is 0 Å². The van der Waals surface area contributed by atoms with Crippen LogP contribution in [0.5, 0.6) is 0 Å². The molecule has 1 aromatic heterocycles. The van der Waals surface area contributed by atoms with Crippen molar-refractivity contribution < 1.29 is 27.6 Å². The number of aromatic nitrogens is 2. The molecule has 1 heterocycles. The Hall–Kier alpha value is -1.60. The van der Waals surface area contributed by atoms with Crippen molar-refractivity contribution in [3.05, 3.63) is 11.7 Å². The van der Waals surface area contributed by atoms with E-state index in [9.17, 15) is 18.0 Å². The molecular weight excluding hydrogens is 205 g/mol. The Bertz CT molecular complexity index is 333. The van der Waals surface area contributed by atoms with Gasteiger partial charge in [0.2, 0.25) is 0 Å². The van der Waals surface area contributed by atoms with Crippen molar-refractivity contribution in [2.24, 2.45) is 0 Å². The Morgan fingerprint density at radius 1 is 1.50 bits per heavy atom. The SMILES string of the molecule is O=C(O)CCc1noc(C(F)(F)F)n1. The molecule has 1 rings (SSSR count). The van der Waals surface area contributed by atoms with Gasteiger partial charge in [-0.25, -0.2) is 0 Å². The molecule has 0 spiro atoms. The fourth-order valence-electron chi connectivity index (χ4n) is 0.689. The first-order chi connectivity index (χ1) is 6.39. The largest absolute Gasteiger partial charge is 0.481 e. The Morgan fingerprint density at radius 3 is 2.57 bits per heavy atom. The van der Waals surface area contributed by atoms with Crippen LogP contribution in [0.3, 0.4) is 0 Å². The third-order valence-corrected chi connectivity index (χ3v) is 1.27. The molecule has 0 aliphatic rings. The van der Waals surface area contributed by atoms with Gasteiger partial charge in [-0.15, -0.1) is 0 Å². The number of carbonyl (C=O) groups is 1. The zero-order valence-electron chi connectivity index (χ0n) is 6.71. The van der Waals surface area contributed by atoms with Crippen molar-refractivity contribution in [3.63, 3.8) is 0 Å². The van der Waals surface area contributed by atoms with Crippen molar-refractivity contribution >= 4 is 5.97 Å². The van der Waals surface area contributed by atoms with E-state index in [0.29, 0.717) is 0 Å². The quantitative estimate of drug-likeness (QED) is 0.808. The Labute approximate surface area is 75.5 Å². The van der Waals surface area contributed by atoms with Gasteiger partial charge in [0, 0.05) is 6.42 Å². The van der Waals surface area contributed by atoms with E-state index in [0.717, 1.165) is 0 Å². The topological polar surface area (TPSA) is 76.2 Å². The van der Waals surface area contributed by atoms with Crippen LogP contribution >= 0.6 is 0 Å². The molecular formula is C6H5F3N2O3. The van der Waals surface area contributed by atoms with Crippen LogP contribution in [0.15, 0.2) is 4.52 Å². The molecule has 0 aliphatic carbocycles. The zero-order valence-corrected chi connectivity index (χ0v) is 6.71. The molecule has 0 saturated carbocycles. The number of alkyl halides is 3. The standard InChI is InChI=1S/C6H5F3N2O3/c7-6(8,9)5-10-3(11-14-5)1-2-4(12)13/h1-2H2,(H,12,13). The average Bonchev–Trinajstić information content (AvgIpc) is 2.47. The molecule has 0 radical (unpaired) electrons. The van der Waals surface area contributed by atoms with E-state index in [4.69, 9.17) is 5.11 Å². The number of nitrogens with zero attached hydrogens (tertiary/aromatic N) is 2. The molecule has 8 heteroatoms. The summed E-state index contributed by atoms with van der Waals surface area (Å²) in [7, 11) is 0. The molecule has 0 atom stereocenters. The van der Waals surface area contributed by atoms with E-state index in [2.05, 4.69) is 14.7 Å². The molecule has 0 amide bonds. The third kappa shape index (κ3) is 2.71. The summed E-state index contributed by atoms with van der Waals surface area (Å²) in [5.74, 6) is -2.86.